The van der Waals surface area contributed by atoms with Gasteiger partial charge in [-0.05, 0) is 38.8 Å². The molecule has 7 nitrogen and oxygen atoms in total. The molecule has 0 saturated carbocycles. The van der Waals surface area contributed by atoms with Crippen LogP contribution in [0.25, 0.3) is 10.2 Å². The molecule has 154 valence electrons. The van der Waals surface area contributed by atoms with E-state index in [4.69, 9.17) is 4.74 Å². The number of hydrogen-bond donors (Lipinski definition) is 1. The normalized spacial score (nSPS) is 11.0. The smallest absolute Gasteiger partial charge is 0.341 e. The number of thiophene rings is 2. The number of esters is 1. The Morgan fingerprint density at radius 2 is 2.00 bits per heavy atom. The van der Waals surface area contributed by atoms with Crippen molar-refractivity contribution >= 4 is 49.8 Å². The van der Waals surface area contributed by atoms with Crippen molar-refractivity contribution < 1.29 is 14.3 Å². The number of fused-ring (bicyclic) bond motifs is 1. The largest absolute Gasteiger partial charge is 0.462 e. The molecular formula is C20H23N3O4S2. The molecule has 0 fully saturated rings. The van der Waals surface area contributed by atoms with Crippen LogP contribution in [0.1, 0.15) is 45.9 Å². The number of anilines is 1. The number of carbonyl (C=O) groups is 2. The van der Waals surface area contributed by atoms with E-state index in [2.05, 4.69) is 10.3 Å². The number of hydrogen-bond acceptors (Lipinski definition) is 7. The third kappa shape index (κ3) is 4.40. The Morgan fingerprint density at radius 1 is 1.24 bits per heavy atom. The minimum atomic E-state index is -0.451. The Labute approximate surface area is 176 Å². The van der Waals surface area contributed by atoms with Gasteiger partial charge in [0.2, 0.25) is 5.91 Å². The first-order valence-corrected chi connectivity index (χ1v) is 11.0. The number of nitrogens with one attached hydrogen (secondary N) is 1. The SMILES string of the molecule is CCOC(=O)c1cc(CC)sc1NC(=O)CCn1cnc2sc(C)c(C)c2c1=O. The van der Waals surface area contributed by atoms with Crippen LogP contribution in [-0.2, 0) is 22.5 Å². The molecule has 3 aromatic heterocycles. The third-order valence-corrected chi connectivity index (χ3v) is 6.93. The molecule has 0 unspecified atom stereocenters. The molecule has 1 N–H and O–H groups in total. The first kappa shape index (κ1) is 21.2. The number of ether oxygens (including phenoxy) is 1. The van der Waals surface area contributed by atoms with Crippen LogP contribution in [0.15, 0.2) is 17.2 Å². The molecule has 0 saturated heterocycles. The minimum absolute atomic E-state index is 0.0941. The van der Waals surface area contributed by atoms with E-state index in [1.807, 2.05) is 20.8 Å². The van der Waals surface area contributed by atoms with E-state index in [1.165, 1.54) is 33.6 Å². The fourth-order valence-corrected chi connectivity index (χ4v) is 4.90. The van der Waals surface area contributed by atoms with E-state index in [-0.39, 0.29) is 31.0 Å². The molecule has 3 rings (SSSR count). The zero-order chi connectivity index (χ0) is 21.1. The fraction of sp³-hybridized carbons (Fsp3) is 0.400. The molecule has 0 aliphatic heterocycles. The van der Waals surface area contributed by atoms with Crippen LogP contribution in [0.5, 0.6) is 0 Å². The van der Waals surface area contributed by atoms with Gasteiger partial charge < -0.3 is 10.1 Å². The second-order valence-electron chi connectivity index (χ2n) is 6.53. The van der Waals surface area contributed by atoms with Gasteiger partial charge in [-0.25, -0.2) is 9.78 Å². The van der Waals surface area contributed by atoms with Gasteiger partial charge in [0, 0.05) is 22.7 Å². The average Bonchev–Trinajstić information content (AvgIpc) is 3.22. The summed E-state index contributed by atoms with van der Waals surface area (Å²) < 4.78 is 6.53. The van der Waals surface area contributed by atoms with E-state index in [0.29, 0.717) is 16.0 Å². The monoisotopic (exact) mass is 433 g/mol. The van der Waals surface area contributed by atoms with Crippen LogP contribution in [-0.4, -0.2) is 28.0 Å². The molecular weight excluding hydrogens is 410 g/mol. The van der Waals surface area contributed by atoms with E-state index in [9.17, 15) is 14.4 Å². The Bertz CT molecular complexity index is 1130. The van der Waals surface area contributed by atoms with Crippen molar-refractivity contribution in [3.8, 4) is 0 Å². The number of nitrogens with zero attached hydrogens (tertiary/aromatic N) is 2. The third-order valence-electron chi connectivity index (χ3n) is 4.62. The molecule has 3 aromatic rings. The topological polar surface area (TPSA) is 90.3 Å². The second-order valence-corrected chi connectivity index (χ2v) is 8.87. The van der Waals surface area contributed by atoms with Crippen LogP contribution in [0.3, 0.4) is 0 Å². The Morgan fingerprint density at radius 3 is 2.69 bits per heavy atom. The van der Waals surface area contributed by atoms with Crippen LogP contribution < -0.4 is 10.9 Å². The lowest BCUT2D eigenvalue weighted by Gasteiger charge is -2.08. The first-order chi connectivity index (χ1) is 13.8. The van der Waals surface area contributed by atoms with Crippen molar-refractivity contribution in [2.24, 2.45) is 0 Å². The Balaban J connectivity index is 1.74. The highest BCUT2D eigenvalue weighted by Gasteiger charge is 2.19. The van der Waals surface area contributed by atoms with Crippen molar-refractivity contribution in [1.29, 1.82) is 0 Å². The van der Waals surface area contributed by atoms with Crippen molar-refractivity contribution in [2.45, 2.75) is 47.1 Å². The summed E-state index contributed by atoms with van der Waals surface area (Å²) in [6, 6.07) is 1.75. The number of amides is 1. The van der Waals surface area contributed by atoms with Gasteiger partial charge in [-0.1, -0.05) is 6.92 Å². The molecule has 0 atom stereocenters. The van der Waals surface area contributed by atoms with Crippen molar-refractivity contribution in [3.63, 3.8) is 0 Å². The molecule has 0 radical (unpaired) electrons. The Kier molecular flexibility index (Phi) is 6.49. The zero-order valence-electron chi connectivity index (χ0n) is 16.8. The lowest BCUT2D eigenvalue weighted by atomic mass is 10.2. The lowest BCUT2D eigenvalue weighted by Crippen LogP contribution is -2.23. The standard InChI is InChI=1S/C20H23N3O4S2/c1-5-13-9-14(20(26)27-6-2)17(29-13)22-15(24)7-8-23-10-21-18-16(19(23)25)11(3)12(4)28-18/h9-10H,5-8H2,1-4H3,(H,22,24). The summed E-state index contributed by atoms with van der Waals surface area (Å²) in [6.07, 6.45) is 2.34. The van der Waals surface area contributed by atoms with Gasteiger partial charge >= 0.3 is 5.97 Å². The molecule has 0 aromatic carbocycles. The van der Waals surface area contributed by atoms with Gasteiger partial charge in [0.05, 0.1) is 23.9 Å². The highest BCUT2D eigenvalue weighted by atomic mass is 32.1. The molecule has 9 heteroatoms. The molecule has 3 heterocycles. The van der Waals surface area contributed by atoms with Gasteiger partial charge in [-0.15, -0.1) is 22.7 Å². The van der Waals surface area contributed by atoms with Crippen molar-refractivity contribution in [3.05, 3.63) is 43.6 Å². The predicted octanol–water partition coefficient (Wildman–Crippen LogP) is 3.90. The summed E-state index contributed by atoms with van der Waals surface area (Å²) in [5.74, 6) is -0.724. The maximum absolute atomic E-state index is 12.7. The van der Waals surface area contributed by atoms with Crippen LogP contribution in [0, 0.1) is 13.8 Å². The predicted molar refractivity (Wildman–Crippen MR) is 116 cm³/mol. The first-order valence-electron chi connectivity index (χ1n) is 9.40. The van der Waals surface area contributed by atoms with Gasteiger partial charge in [0.15, 0.2) is 0 Å². The molecule has 0 bridgehead atoms. The van der Waals surface area contributed by atoms with Crippen LogP contribution in [0.4, 0.5) is 5.00 Å². The molecule has 0 aliphatic carbocycles. The van der Waals surface area contributed by atoms with Gasteiger partial charge in [-0.2, -0.15) is 0 Å². The number of aryl methyl sites for hydroxylation is 4. The van der Waals surface area contributed by atoms with E-state index in [1.54, 1.807) is 13.0 Å². The van der Waals surface area contributed by atoms with E-state index < -0.39 is 5.97 Å². The number of rotatable bonds is 7. The van der Waals surface area contributed by atoms with Crippen molar-refractivity contribution in [2.75, 3.05) is 11.9 Å². The minimum Gasteiger partial charge on any atom is -0.462 e. The number of aromatic nitrogens is 2. The number of carbonyl (C=O) groups excluding carboxylic acids is 2. The van der Waals surface area contributed by atoms with Gasteiger partial charge in [0.25, 0.3) is 5.56 Å². The highest BCUT2D eigenvalue weighted by molar-refractivity contribution is 7.18. The molecule has 1 amide bonds. The highest BCUT2D eigenvalue weighted by Crippen LogP contribution is 2.29. The van der Waals surface area contributed by atoms with E-state index >= 15 is 0 Å². The van der Waals surface area contributed by atoms with E-state index in [0.717, 1.165) is 26.6 Å². The maximum atomic E-state index is 12.7. The van der Waals surface area contributed by atoms with Crippen LogP contribution in [0.2, 0.25) is 0 Å². The Hall–Kier alpha value is -2.52. The van der Waals surface area contributed by atoms with Crippen LogP contribution >= 0.6 is 22.7 Å². The summed E-state index contributed by atoms with van der Waals surface area (Å²) in [5, 5.41) is 3.89. The quantitative estimate of drug-likeness (QED) is 0.571. The van der Waals surface area contributed by atoms with Gasteiger partial charge in [-0.3, -0.25) is 14.2 Å². The summed E-state index contributed by atoms with van der Waals surface area (Å²) in [5.41, 5.74) is 1.17. The molecule has 0 spiro atoms. The van der Waals surface area contributed by atoms with Gasteiger partial charge in [0.1, 0.15) is 9.83 Å². The maximum Gasteiger partial charge on any atom is 0.341 e. The average molecular weight is 434 g/mol. The summed E-state index contributed by atoms with van der Waals surface area (Å²) in [7, 11) is 0. The summed E-state index contributed by atoms with van der Waals surface area (Å²) >= 11 is 2.86. The molecule has 0 aliphatic rings. The summed E-state index contributed by atoms with van der Waals surface area (Å²) in [4.78, 5) is 44.5. The fourth-order valence-electron chi connectivity index (χ4n) is 2.91. The molecule has 29 heavy (non-hydrogen) atoms. The zero-order valence-corrected chi connectivity index (χ0v) is 18.5. The lowest BCUT2D eigenvalue weighted by molar-refractivity contribution is -0.116. The second kappa shape index (κ2) is 8.87. The van der Waals surface area contributed by atoms with Crippen molar-refractivity contribution in [1.82, 2.24) is 9.55 Å². The summed E-state index contributed by atoms with van der Waals surface area (Å²) in [6.45, 7) is 8.07.